The number of para-hydroxylation sites is 1. The molecule has 0 aliphatic carbocycles. The van der Waals surface area contributed by atoms with Gasteiger partial charge in [-0.15, -0.1) is 0 Å². The van der Waals surface area contributed by atoms with Crippen LogP contribution in [-0.4, -0.2) is 46.5 Å². The fraction of sp³-hybridized carbons (Fsp3) is 0.317. The number of halogens is 5. The number of aryl methyl sites for hydroxylation is 2. The predicted octanol–water partition coefficient (Wildman–Crippen LogP) is 8.51. The third kappa shape index (κ3) is 8.56. The maximum atomic E-state index is 14.6. The van der Waals surface area contributed by atoms with E-state index in [1.54, 1.807) is 24.3 Å². The molecule has 266 valence electrons. The second-order valence-electron chi connectivity index (χ2n) is 13.2. The molecule has 51 heavy (non-hydrogen) atoms. The third-order valence-electron chi connectivity index (χ3n) is 9.94. The summed E-state index contributed by atoms with van der Waals surface area (Å²) in [4.78, 5) is 31.8. The fourth-order valence-electron chi connectivity index (χ4n) is 6.94. The monoisotopic (exact) mass is 701 g/mol. The second-order valence-corrected chi connectivity index (χ2v) is 13.2. The van der Waals surface area contributed by atoms with Gasteiger partial charge in [0.25, 0.3) is 0 Å². The van der Waals surface area contributed by atoms with Crippen LogP contribution < -0.4 is 5.43 Å². The van der Waals surface area contributed by atoms with Crippen molar-refractivity contribution in [1.29, 1.82) is 0 Å². The maximum Gasteiger partial charge on any atom is 0.416 e. The molecule has 6 rings (SSSR count). The number of piperidine rings is 1. The Balaban J connectivity index is 1.27. The molecule has 0 bridgehead atoms. The van der Waals surface area contributed by atoms with Crippen LogP contribution in [-0.2, 0) is 36.9 Å². The van der Waals surface area contributed by atoms with Crippen LogP contribution in [0.3, 0.4) is 0 Å². The summed E-state index contributed by atoms with van der Waals surface area (Å²) in [7, 11) is 0. The van der Waals surface area contributed by atoms with Crippen molar-refractivity contribution in [2.45, 2.75) is 51.9 Å². The average Bonchev–Trinajstić information content (AvgIpc) is 3.13. The van der Waals surface area contributed by atoms with E-state index in [9.17, 15) is 31.5 Å². The van der Waals surface area contributed by atoms with Crippen LogP contribution in [0.5, 0.6) is 0 Å². The van der Waals surface area contributed by atoms with Gasteiger partial charge < -0.3 is 14.4 Å². The van der Waals surface area contributed by atoms with Crippen LogP contribution in [0.1, 0.15) is 42.1 Å². The van der Waals surface area contributed by atoms with E-state index < -0.39 is 23.4 Å². The number of amides is 1. The van der Waals surface area contributed by atoms with E-state index in [0.717, 1.165) is 61.8 Å². The van der Waals surface area contributed by atoms with Gasteiger partial charge >= 0.3 is 6.18 Å². The number of carbonyl (C=O) groups excluding carboxylic acids is 1. The molecule has 1 aliphatic rings. The third-order valence-corrected chi connectivity index (χ3v) is 9.94. The van der Waals surface area contributed by atoms with E-state index in [1.165, 1.54) is 30.3 Å². The Kier molecular flexibility index (Phi) is 11.0. The van der Waals surface area contributed by atoms with Gasteiger partial charge in [0.05, 0.1) is 11.1 Å². The lowest BCUT2D eigenvalue weighted by molar-refractivity contribution is -0.137. The van der Waals surface area contributed by atoms with E-state index in [-0.39, 0.29) is 36.3 Å². The molecule has 0 spiro atoms. The van der Waals surface area contributed by atoms with Crippen molar-refractivity contribution in [1.82, 2.24) is 14.4 Å². The standard InChI is InChI=1S/C41H40F5N3O2/c1-2-47-22-20-29(21-23-47)26-48(25-28-10-12-30(13-11-28)31-14-17-33(18-15-31)41(44,45)46)39(51)27-49-34(19-16-32-6-5-8-36(42)40(32)43)24-38(50)35-7-3-4-9-37(35)49/h3-15,17-18,24,29H,2,16,19-23,25-27H2,1H3. The van der Waals surface area contributed by atoms with E-state index in [0.29, 0.717) is 41.2 Å². The van der Waals surface area contributed by atoms with Crippen molar-refractivity contribution in [2.75, 3.05) is 26.2 Å². The van der Waals surface area contributed by atoms with Crippen LogP contribution in [0, 0.1) is 17.6 Å². The summed E-state index contributed by atoms with van der Waals surface area (Å²) in [5.74, 6) is -1.71. The number of benzene rings is 4. The molecule has 0 N–H and O–H groups in total. The van der Waals surface area contributed by atoms with Gasteiger partial charge in [-0.05, 0) is 104 Å². The van der Waals surface area contributed by atoms with Crippen LogP contribution in [0.4, 0.5) is 22.0 Å². The summed E-state index contributed by atoms with van der Waals surface area (Å²) in [5, 5.41) is 0.461. The van der Waals surface area contributed by atoms with Crippen LogP contribution in [0.25, 0.3) is 22.0 Å². The SMILES string of the molecule is CCN1CCC(CN(Cc2ccc(-c3ccc(C(F)(F)F)cc3)cc2)C(=O)Cn2c(CCc3cccc(F)c3F)cc(=O)c3ccccc32)CC1. The molecular weight excluding hydrogens is 661 g/mol. The first-order valence-corrected chi connectivity index (χ1v) is 17.3. The van der Waals surface area contributed by atoms with E-state index in [2.05, 4.69) is 11.8 Å². The lowest BCUT2D eigenvalue weighted by atomic mass is 9.95. The molecule has 5 nitrogen and oxygen atoms in total. The number of nitrogens with zero attached hydrogens (tertiary/aromatic N) is 3. The Hall–Kier alpha value is -4.83. The van der Waals surface area contributed by atoms with Crippen LogP contribution in [0.15, 0.2) is 102 Å². The van der Waals surface area contributed by atoms with Gasteiger partial charge in [0.2, 0.25) is 5.91 Å². The lowest BCUT2D eigenvalue weighted by Crippen LogP contribution is -2.42. The lowest BCUT2D eigenvalue weighted by Gasteiger charge is -2.35. The number of fused-ring (bicyclic) bond motifs is 1. The molecule has 0 saturated carbocycles. The number of likely N-dealkylation sites (tertiary alicyclic amines) is 1. The normalized spacial score (nSPS) is 14.2. The quantitative estimate of drug-likeness (QED) is 0.130. The number of pyridine rings is 1. The molecule has 1 aliphatic heterocycles. The van der Waals surface area contributed by atoms with Crippen molar-refractivity contribution in [3.05, 3.63) is 141 Å². The molecule has 0 atom stereocenters. The smallest absolute Gasteiger partial charge is 0.337 e. The first kappa shape index (κ1) is 36.0. The fourth-order valence-corrected chi connectivity index (χ4v) is 6.94. The maximum absolute atomic E-state index is 14.6. The summed E-state index contributed by atoms with van der Waals surface area (Å²) in [6, 6.07) is 25.1. The van der Waals surface area contributed by atoms with Crippen molar-refractivity contribution < 1.29 is 26.7 Å². The number of hydrogen-bond donors (Lipinski definition) is 0. The minimum absolute atomic E-state index is 0.0563. The van der Waals surface area contributed by atoms with E-state index >= 15 is 0 Å². The second kappa shape index (κ2) is 15.6. The molecule has 2 heterocycles. The molecule has 10 heteroatoms. The number of alkyl halides is 3. The zero-order valence-corrected chi connectivity index (χ0v) is 28.4. The van der Waals surface area contributed by atoms with E-state index in [1.807, 2.05) is 33.7 Å². The Morgan fingerprint density at radius 3 is 2.18 bits per heavy atom. The van der Waals surface area contributed by atoms with Crippen LogP contribution >= 0.6 is 0 Å². The minimum atomic E-state index is -4.41. The Morgan fingerprint density at radius 1 is 0.843 bits per heavy atom. The molecule has 1 saturated heterocycles. The van der Waals surface area contributed by atoms with Crippen molar-refractivity contribution >= 4 is 16.8 Å². The van der Waals surface area contributed by atoms with Crippen molar-refractivity contribution in [3.63, 3.8) is 0 Å². The Labute approximate surface area is 293 Å². The minimum Gasteiger partial charge on any atom is -0.337 e. The average molecular weight is 702 g/mol. The zero-order chi connectivity index (χ0) is 36.1. The largest absolute Gasteiger partial charge is 0.416 e. The van der Waals surface area contributed by atoms with E-state index in [4.69, 9.17) is 0 Å². The zero-order valence-electron chi connectivity index (χ0n) is 28.4. The van der Waals surface area contributed by atoms with Gasteiger partial charge in [-0.25, -0.2) is 8.78 Å². The molecule has 0 unspecified atom stereocenters. The summed E-state index contributed by atoms with van der Waals surface area (Å²) < 4.78 is 69.6. The molecule has 1 aromatic heterocycles. The number of rotatable bonds is 11. The highest BCUT2D eigenvalue weighted by molar-refractivity contribution is 5.83. The van der Waals surface area contributed by atoms with Gasteiger partial charge in [0, 0.05) is 30.2 Å². The molecular formula is C41H40F5N3O2. The van der Waals surface area contributed by atoms with Crippen molar-refractivity contribution in [2.24, 2.45) is 5.92 Å². The summed E-state index contributed by atoms with van der Waals surface area (Å²) in [6.45, 7) is 5.83. The molecule has 1 fully saturated rings. The van der Waals surface area contributed by atoms with Gasteiger partial charge in [-0.3, -0.25) is 9.59 Å². The summed E-state index contributed by atoms with van der Waals surface area (Å²) in [5.41, 5.74) is 2.69. The Bertz CT molecular complexity index is 2030. The number of carbonyl (C=O) groups is 1. The highest BCUT2D eigenvalue weighted by Gasteiger charge is 2.30. The molecule has 0 radical (unpaired) electrons. The summed E-state index contributed by atoms with van der Waals surface area (Å²) >= 11 is 0. The first-order chi connectivity index (χ1) is 24.5. The van der Waals surface area contributed by atoms with Gasteiger partial charge in [0.15, 0.2) is 17.1 Å². The van der Waals surface area contributed by atoms with Gasteiger partial charge in [-0.2, -0.15) is 13.2 Å². The summed E-state index contributed by atoms with van der Waals surface area (Å²) in [6.07, 6.45) is -2.14. The van der Waals surface area contributed by atoms with Crippen molar-refractivity contribution in [3.8, 4) is 11.1 Å². The molecule has 5 aromatic rings. The number of aromatic nitrogens is 1. The highest BCUT2D eigenvalue weighted by atomic mass is 19.4. The molecule has 4 aromatic carbocycles. The topological polar surface area (TPSA) is 45.5 Å². The highest BCUT2D eigenvalue weighted by Crippen LogP contribution is 2.31. The Morgan fingerprint density at radius 2 is 1.51 bits per heavy atom. The van der Waals surface area contributed by atoms with Gasteiger partial charge in [-0.1, -0.05) is 67.6 Å². The molecule has 1 amide bonds. The number of hydrogen-bond acceptors (Lipinski definition) is 3. The van der Waals surface area contributed by atoms with Crippen LogP contribution in [0.2, 0.25) is 0 Å². The predicted molar refractivity (Wildman–Crippen MR) is 189 cm³/mol. The van der Waals surface area contributed by atoms with Gasteiger partial charge in [0.1, 0.15) is 6.54 Å². The first-order valence-electron chi connectivity index (χ1n) is 17.3.